The topological polar surface area (TPSA) is 66.8 Å². The van der Waals surface area contributed by atoms with Crippen LogP contribution in [0.3, 0.4) is 0 Å². The SMILES string of the molecule is Fc1cccc(CCn2cnc(-c3cc(C4NNNC4C(F)(F)F)ccn3)c2)c1. The van der Waals surface area contributed by atoms with Crippen LogP contribution in [-0.4, -0.2) is 26.8 Å². The molecule has 0 bridgehead atoms. The van der Waals surface area contributed by atoms with Gasteiger partial charge < -0.3 is 4.57 Å². The molecule has 2 atom stereocenters. The zero-order valence-electron chi connectivity index (χ0n) is 15.1. The Morgan fingerprint density at radius 1 is 1.03 bits per heavy atom. The molecule has 2 unspecified atom stereocenters. The summed E-state index contributed by atoms with van der Waals surface area (Å²) in [5, 5.41) is 0. The number of imidazole rings is 1. The number of pyridine rings is 1. The van der Waals surface area contributed by atoms with Gasteiger partial charge in [-0.25, -0.2) is 20.2 Å². The van der Waals surface area contributed by atoms with Crippen LogP contribution in [0.25, 0.3) is 11.4 Å². The van der Waals surface area contributed by atoms with Crippen molar-refractivity contribution in [3.63, 3.8) is 0 Å². The predicted molar refractivity (Wildman–Crippen MR) is 97.6 cm³/mol. The Balaban J connectivity index is 1.49. The van der Waals surface area contributed by atoms with Gasteiger partial charge in [0.05, 0.1) is 18.1 Å². The summed E-state index contributed by atoms with van der Waals surface area (Å²) in [6.07, 6.45) is 1.06. The molecule has 1 aliphatic rings. The Morgan fingerprint density at radius 2 is 1.90 bits per heavy atom. The Bertz CT molecular complexity index is 987. The van der Waals surface area contributed by atoms with E-state index in [2.05, 4.69) is 26.4 Å². The van der Waals surface area contributed by atoms with Gasteiger partial charge in [0.2, 0.25) is 0 Å². The van der Waals surface area contributed by atoms with E-state index in [0.29, 0.717) is 29.9 Å². The summed E-state index contributed by atoms with van der Waals surface area (Å²) in [4.78, 5) is 8.54. The highest BCUT2D eigenvalue weighted by atomic mass is 19.4. The van der Waals surface area contributed by atoms with Crippen LogP contribution >= 0.6 is 0 Å². The maximum Gasteiger partial charge on any atom is 0.407 e. The molecule has 152 valence electrons. The molecule has 29 heavy (non-hydrogen) atoms. The first kappa shape index (κ1) is 19.5. The lowest BCUT2D eigenvalue weighted by Gasteiger charge is -2.21. The van der Waals surface area contributed by atoms with Crippen molar-refractivity contribution in [3.8, 4) is 11.4 Å². The fourth-order valence-electron chi connectivity index (χ4n) is 3.26. The third-order valence-electron chi connectivity index (χ3n) is 4.73. The number of nitrogens with one attached hydrogen (secondary N) is 3. The number of hydrogen-bond donors (Lipinski definition) is 3. The fourth-order valence-corrected chi connectivity index (χ4v) is 3.26. The minimum Gasteiger partial charge on any atom is -0.336 e. The van der Waals surface area contributed by atoms with Crippen LogP contribution in [0.4, 0.5) is 17.6 Å². The molecule has 3 aromatic rings. The smallest absolute Gasteiger partial charge is 0.336 e. The molecule has 3 heterocycles. The number of hydrogen-bond acceptors (Lipinski definition) is 5. The van der Waals surface area contributed by atoms with Gasteiger partial charge in [0, 0.05) is 18.9 Å². The van der Waals surface area contributed by atoms with E-state index in [0.717, 1.165) is 5.56 Å². The molecule has 1 aliphatic heterocycles. The lowest BCUT2D eigenvalue weighted by Crippen LogP contribution is -2.43. The first-order chi connectivity index (χ1) is 13.9. The molecule has 4 rings (SSSR count). The molecule has 1 aromatic carbocycles. The number of alkyl halides is 3. The first-order valence-corrected chi connectivity index (χ1v) is 8.95. The van der Waals surface area contributed by atoms with E-state index in [4.69, 9.17) is 0 Å². The average molecular weight is 406 g/mol. The lowest BCUT2D eigenvalue weighted by molar-refractivity contribution is -0.156. The van der Waals surface area contributed by atoms with Gasteiger partial charge in [0.25, 0.3) is 0 Å². The van der Waals surface area contributed by atoms with Crippen LogP contribution in [0.2, 0.25) is 0 Å². The molecular weight excluding hydrogens is 388 g/mol. The maximum atomic E-state index is 13.3. The van der Waals surface area contributed by atoms with Gasteiger partial charge in [-0.15, -0.1) is 0 Å². The third-order valence-corrected chi connectivity index (χ3v) is 4.73. The van der Waals surface area contributed by atoms with E-state index in [1.165, 1.54) is 24.4 Å². The summed E-state index contributed by atoms with van der Waals surface area (Å²) in [5.41, 5.74) is 9.45. The normalized spacial score (nSPS) is 19.6. The fraction of sp³-hybridized carbons (Fsp3) is 0.263. The number of nitrogens with zero attached hydrogens (tertiary/aromatic N) is 3. The highest BCUT2D eigenvalue weighted by Gasteiger charge is 2.48. The van der Waals surface area contributed by atoms with Crippen molar-refractivity contribution < 1.29 is 17.6 Å². The van der Waals surface area contributed by atoms with Gasteiger partial charge in [0.1, 0.15) is 17.6 Å². The van der Waals surface area contributed by atoms with Gasteiger partial charge >= 0.3 is 6.18 Å². The van der Waals surface area contributed by atoms with Crippen LogP contribution in [0, 0.1) is 5.82 Å². The van der Waals surface area contributed by atoms with Crippen molar-refractivity contribution >= 4 is 0 Å². The average Bonchev–Trinajstić information content (AvgIpc) is 3.36. The van der Waals surface area contributed by atoms with Gasteiger partial charge in [-0.1, -0.05) is 12.1 Å². The number of benzene rings is 1. The number of hydrazine groups is 2. The second-order valence-corrected chi connectivity index (χ2v) is 6.76. The Kier molecular flexibility index (Phi) is 5.31. The summed E-state index contributed by atoms with van der Waals surface area (Å²) in [5.74, 6) is -0.281. The molecule has 0 saturated carbocycles. The molecule has 0 spiro atoms. The van der Waals surface area contributed by atoms with E-state index in [-0.39, 0.29) is 5.82 Å². The highest BCUT2D eigenvalue weighted by Crippen LogP contribution is 2.32. The van der Waals surface area contributed by atoms with E-state index in [1.54, 1.807) is 24.7 Å². The summed E-state index contributed by atoms with van der Waals surface area (Å²) >= 11 is 0. The second kappa shape index (κ2) is 7.90. The summed E-state index contributed by atoms with van der Waals surface area (Å²) in [7, 11) is 0. The van der Waals surface area contributed by atoms with Crippen LogP contribution < -0.4 is 16.4 Å². The Morgan fingerprint density at radius 3 is 2.69 bits per heavy atom. The zero-order valence-corrected chi connectivity index (χ0v) is 15.1. The van der Waals surface area contributed by atoms with E-state index < -0.39 is 18.3 Å². The van der Waals surface area contributed by atoms with Crippen molar-refractivity contribution in [2.24, 2.45) is 0 Å². The third kappa shape index (κ3) is 4.44. The second-order valence-electron chi connectivity index (χ2n) is 6.76. The molecule has 2 aromatic heterocycles. The van der Waals surface area contributed by atoms with Gasteiger partial charge in [-0.05, 0) is 41.8 Å². The monoisotopic (exact) mass is 406 g/mol. The molecule has 1 saturated heterocycles. The number of halogens is 4. The minimum atomic E-state index is -4.41. The molecule has 10 heteroatoms. The standard InChI is InChI=1S/C19H18F4N6/c20-14-3-1-2-12(8-14)5-7-29-10-16(25-11-29)15-9-13(4-6-24-15)17-18(19(21,22)23)27-28-26-17/h1-4,6,8-11,17-18,26-28H,5,7H2. The number of aromatic nitrogens is 3. The number of rotatable bonds is 5. The molecular formula is C19H18F4N6. The Hall–Kier alpha value is -2.82. The van der Waals surface area contributed by atoms with Crippen LogP contribution in [0.1, 0.15) is 17.2 Å². The first-order valence-electron chi connectivity index (χ1n) is 8.95. The lowest BCUT2D eigenvalue weighted by atomic mass is 10.0. The van der Waals surface area contributed by atoms with E-state index in [9.17, 15) is 17.6 Å². The molecule has 6 nitrogen and oxygen atoms in total. The van der Waals surface area contributed by atoms with Crippen molar-refractivity contribution in [3.05, 3.63) is 72.1 Å². The van der Waals surface area contributed by atoms with Crippen LogP contribution in [0.5, 0.6) is 0 Å². The quantitative estimate of drug-likeness (QED) is 0.569. The van der Waals surface area contributed by atoms with Crippen molar-refractivity contribution in [2.75, 3.05) is 0 Å². The molecule has 0 aliphatic carbocycles. The molecule has 3 N–H and O–H groups in total. The van der Waals surface area contributed by atoms with Gasteiger partial charge in [-0.2, -0.15) is 18.7 Å². The predicted octanol–water partition coefficient (Wildman–Crippen LogP) is 2.91. The van der Waals surface area contributed by atoms with Gasteiger partial charge in [-0.3, -0.25) is 4.98 Å². The van der Waals surface area contributed by atoms with E-state index >= 15 is 0 Å². The van der Waals surface area contributed by atoms with Crippen molar-refractivity contribution in [2.45, 2.75) is 31.2 Å². The maximum absolute atomic E-state index is 13.3. The summed E-state index contributed by atoms with van der Waals surface area (Å²) in [6.45, 7) is 0.588. The molecule has 0 amide bonds. The summed E-state index contributed by atoms with van der Waals surface area (Å²) < 4.78 is 54.6. The summed E-state index contributed by atoms with van der Waals surface area (Å²) in [6, 6.07) is 6.75. The Labute approximate surface area is 163 Å². The largest absolute Gasteiger partial charge is 0.407 e. The zero-order chi connectivity index (χ0) is 20.4. The van der Waals surface area contributed by atoms with Gasteiger partial charge in [0.15, 0.2) is 0 Å². The van der Waals surface area contributed by atoms with Crippen molar-refractivity contribution in [1.29, 1.82) is 0 Å². The highest BCUT2D eigenvalue weighted by molar-refractivity contribution is 5.54. The number of aryl methyl sites for hydroxylation is 2. The molecule has 1 fully saturated rings. The molecule has 0 radical (unpaired) electrons. The van der Waals surface area contributed by atoms with Crippen LogP contribution in [0.15, 0.2) is 55.1 Å². The minimum absolute atomic E-state index is 0.281. The van der Waals surface area contributed by atoms with E-state index in [1.807, 2.05) is 10.6 Å². The van der Waals surface area contributed by atoms with Crippen molar-refractivity contribution in [1.82, 2.24) is 30.9 Å². The van der Waals surface area contributed by atoms with Crippen LogP contribution in [-0.2, 0) is 13.0 Å².